The molecular weight excluding hydrogens is 248 g/mol. The molecule has 0 amide bonds. The summed E-state index contributed by atoms with van der Waals surface area (Å²) >= 11 is 0. The van der Waals surface area contributed by atoms with Crippen molar-refractivity contribution in [3.8, 4) is 0 Å². The molecule has 1 aliphatic heterocycles. The van der Waals surface area contributed by atoms with E-state index in [1.54, 1.807) is 0 Å². The van der Waals surface area contributed by atoms with Crippen LogP contribution in [-0.4, -0.2) is 49.6 Å². The minimum absolute atomic E-state index is 0.456. The highest BCUT2D eigenvalue weighted by atomic mass is 15.2. The lowest BCUT2D eigenvalue weighted by Gasteiger charge is -2.20. The monoisotopic (exact) mass is 282 g/mol. The van der Waals surface area contributed by atoms with Gasteiger partial charge >= 0.3 is 0 Å². The van der Waals surface area contributed by atoms with Gasteiger partial charge in [0.2, 0.25) is 0 Å². The standard InChI is InChI=1S/C16H34N4/c1-5-17-16(19-15(4)14(2)3)18-10-6-7-11-20-12-8-9-13-20/h14-15H,5-13H2,1-4H3,(H2,17,18,19). The van der Waals surface area contributed by atoms with Gasteiger partial charge in [-0.15, -0.1) is 0 Å². The number of nitrogens with one attached hydrogen (secondary N) is 2. The third kappa shape index (κ3) is 7.13. The van der Waals surface area contributed by atoms with E-state index >= 15 is 0 Å². The molecular formula is C16H34N4. The van der Waals surface area contributed by atoms with Crippen LogP contribution in [0.3, 0.4) is 0 Å². The first-order valence-corrected chi connectivity index (χ1v) is 8.40. The number of hydrogen-bond acceptors (Lipinski definition) is 2. The van der Waals surface area contributed by atoms with Gasteiger partial charge in [0.25, 0.3) is 0 Å². The van der Waals surface area contributed by atoms with Crippen LogP contribution in [0.5, 0.6) is 0 Å². The average Bonchev–Trinajstić information content (AvgIpc) is 2.91. The zero-order chi connectivity index (χ0) is 14.8. The molecule has 4 nitrogen and oxygen atoms in total. The van der Waals surface area contributed by atoms with Crippen LogP contribution in [0.1, 0.15) is 53.4 Å². The van der Waals surface area contributed by atoms with Gasteiger partial charge < -0.3 is 15.5 Å². The van der Waals surface area contributed by atoms with Crippen molar-refractivity contribution in [2.45, 2.75) is 59.4 Å². The van der Waals surface area contributed by atoms with Crippen molar-refractivity contribution in [3.63, 3.8) is 0 Å². The number of likely N-dealkylation sites (tertiary alicyclic amines) is 1. The predicted molar refractivity (Wildman–Crippen MR) is 88.3 cm³/mol. The van der Waals surface area contributed by atoms with Gasteiger partial charge in [-0.1, -0.05) is 13.8 Å². The molecule has 0 aromatic heterocycles. The van der Waals surface area contributed by atoms with Crippen LogP contribution in [0.2, 0.25) is 0 Å². The fourth-order valence-corrected chi connectivity index (χ4v) is 2.35. The number of guanidine groups is 1. The Labute approximate surface area is 125 Å². The van der Waals surface area contributed by atoms with Crippen LogP contribution in [0.15, 0.2) is 4.99 Å². The van der Waals surface area contributed by atoms with Gasteiger partial charge in [0.05, 0.1) is 0 Å². The Kier molecular flexibility index (Phi) is 8.67. The fraction of sp³-hybridized carbons (Fsp3) is 0.938. The molecule has 1 unspecified atom stereocenters. The lowest BCUT2D eigenvalue weighted by atomic mass is 10.1. The average molecular weight is 282 g/mol. The van der Waals surface area contributed by atoms with Gasteiger partial charge in [0.1, 0.15) is 0 Å². The topological polar surface area (TPSA) is 39.7 Å². The third-order valence-corrected chi connectivity index (χ3v) is 4.06. The molecule has 20 heavy (non-hydrogen) atoms. The molecule has 118 valence electrons. The van der Waals surface area contributed by atoms with Crippen molar-refractivity contribution >= 4 is 5.96 Å². The second kappa shape index (κ2) is 10.0. The Morgan fingerprint density at radius 2 is 1.85 bits per heavy atom. The molecule has 1 aliphatic rings. The summed E-state index contributed by atoms with van der Waals surface area (Å²) in [4.78, 5) is 7.25. The quantitative estimate of drug-likeness (QED) is 0.408. The zero-order valence-electron chi connectivity index (χ0n) is 13.9. The molecule has 0 spiro atoms. The van der Waals surface area contributed by atoms with Gasteiger partial charge in [0, 0.05) is 19.1 Å². The van der Waals surface area contributed by atoms with Crippen molar-refractivity contribution in [1.29, 1.82) is 0 Å². The molecule has 1 atom stereocenters. The van der Waals surface area contributed by atoms with E-state index in [9.17, 15) is 0 Å². The molecule has 4 heteroatoms. The molecule has 1 rings (SSSR count). The van der Waals surface area contributed by atoms with Crippen LogP contribution in [0.4, 0.5) is 0 Å². The van der Waals surface area contributed by atoms with Gasteiger partial charge in [-0.05, 0) is 65.1 Å². The number of unbranched alkanes of at least 4 members (excludes halogenated alkanes) is 1. The van der Waals surface area contributed by atoms with E-state index in [0.717, 1.165) is 19.0 Å². The van der Waals surface area contributed by atoms with Gasteiger partial charge in [-0.2, -0.15) is 0 Å². The summed E-state index contributed by atoms with van der Waals surface area (Å²) in [6, 6.07) is 0.456. The molecule has 0 saturated carbocycles. The molecule has 0 bridgehead atoms. The van der Waals surface area contributed by atoms with Gasteiger partial charge in [0.15, 0.2) is 5.96 Å². The summed E-state index contributed by atoms with van der Waals surface area (Å²) in [7, 11) is 0. The van der Waals surface area contributed by atoms with Crippen molar-refractivity contribution in [2.75, 3.05) is 32.7 Å². The zero-order valence-corrected chi connectivity index (χ0v) is 13.9. The summed E-state index contributed by atoms with van der Waals surface area (Å²) in [5, 5.41) is 6.81. The van der Waals surface area contributed by atoms with Crippen molar-refractivity contribution in [3.05, 3.63) is 0 Å². The smallest absolute Gasteiger partial charge is 0.191 e. The molecule has 2 N–H and O–H groups in total. The largest absolute Gasteiger partial charge is 0.357 e. The van der Waals surface area contributed by atoms with Crippen molar-refractivity contribution < 1.29 is 0 Å². The molecule has 0 radical (unpaired) electrons. The highest BCUT2D eigenvalue weighted by molar-refractivity contribution is 5.80. The summed E-state index contributed by atoms with van der Waals surface area (Å²) in [6.07, 6.45) is 5.23. The summed E-state index contributed by atoms with van der Waals surface area (Å²) in [5.74, 6) is 1.59. The Morgan fingerprint density at radius 3 is 2.45 bits per heavy atom. The number of aliphatic imine (C=N–C) groups is 1. The first kappa shape index (κ1) is 17.3. The minimum Gasteiger partial charge on any atom is -0.357 e. The Hall–Kier alpha value is -0.770. The highest BCUT2D eigenvalue weighted by Crippen LogP contribution is 2.08. The van der Waals surface area contributed by atoms with Crippen molar-refractivity contribution in [2.24, 2.45) is 10.9 Å². The first-order chi connectivity index (χ1) is 9.63. The Morgan fingerprint density at radius 1 is 1.15 bits per heavy atom. The van der Waals surface area contributed by atoms with E-state index in [1.165, 1.54) is 45.3 Å². The molecule has 1 saturated heterocycles. The van der Waals surface area contributed by atoms with E-state index in [1.807, 2.05) is 0 Å². The maximum absolute atomic E-state index is 4.68. The lowest BCUT2D eigenvalue weighted by Crippen LogP contribution is -2.44. The van der Waals surface area contributed by atoms with Gasteiger partial charge in [-0.3, -0.25) is 4.99 Å². The summed E-state index contributed by atoms with van der Waals surface area (Å²) in [5.41, 5.74) is 0. The van der Waals surface area contributed by atoms with E-state index in [4.69, 9.17) is 0 Å². The van der Waals surface area contributed by atoms with Crippen LogP contribution < -0.4 is 10.6 Å². The third-order valence-electron chi connectivity index (χ3n) is 4.06. The number of rotatable bonds is 8. The second-order valence-corrected chi connectivity index (χ2v) is 6.19. The van der Waals surface area contributed by atoms with Crippen molar-refractivity contribution in [1.82, 2.24) is 15.5 Å². The molecule has 0 aliphatic carbocycles. The maximum atomic E-state index is 4.68. The lowest BCUT2D eigenvalue weighted by molar-refractivity contribution is 0.331. The highest BCUT2D eigenvalue weighted by Gasteiger charge is 2.10. The number of hydrogen-bond donors (Lipinski definition) is 2. The van der Waals surface area contributed by atoms with Crippen LogP contribution >= 0.6 is 0 Å². The first-order valence-electron chi connectivity index (χ1n) is 8.40. The SMILES string of the molecule is CCNC(=NCCCCN1CCCC1)NC(C)C(C)C. The van der Waals surface area contributed by atoms with Crippen LogP contribution in [0.25, 0.3) is 0 Å². The van der Waals surface area contributed by atoms with E-state index in [-0.39, 0.29) is 0 Å². The Balaban J connectivity index is 2.20. The fourth-order valence-electron chi connectivity index (χ4n) is 2.35. The minimum atomic E-state index is 0.456. The Bertz CT molecular complexity index is 270. The van der Waals surface area contributed by atoms with E-state index in [0.29, 0.717) is 12.0 Å². The van der Waals surface area contributed by atoms with Crippen LogP contribution in [-0.2, 0) is 0 Å². The number of nitrogens with zero attached hydrogens (tertiary/aromatic N) is 2. The molecule has 1 heterocycles. The second-order valence-electron chi connectivity index (χ2n) is 6.19. The maximum Gasteiger partial charge on any atom is 0.191 e. The summed E-state index contributed by atoms with van der Waals surface area (Å²) < 4.78 is 0. The summed E-state index contributed by atoms with van der Waals surface area (Å²) in [6.45, 7) is 14.5. The molecule has 0 aromatic rings. The molecule has 1 fully saturated rings. The van der Waals surface area contributed by atoms with E-state index < -0.39 is 0 Å². The van der Waals surface area contributed by atoms with Gasteiger partial charge in [-0.25, -0.2) is 0 Å². The molecule has 0 aromatic carbocycles. The normalized spacial score (nSPS) is 18.6. The van der Waals surface area contributed by atoms with Crippen LogP contribution in [0, 0.1) is 5.92 Å². The predicted octanol–water partition coefficient (Wildman–Crippen LogP) is 2.46. The van der Waals surface area contributed by atoms with E-state index in [2.05, 4.69) is 48.2 Å².